The molecule has 1 saturated heterocycles. The molecule has 0 atom stereocenters. The Morgan fingerprint density at radius 2 is 1.87 bits per heavy atom. The number of aliphatic imine (C=N–C) groups is 1. The normalized spacial score (nSPS) is 16.6. The predicted octanol–water partition coefficient (Wildman–Crippen LogP) is 3.75. The molecule has 1 aromatic carbocycles. The minimum atomic E-state index is 0. The van der Waals surface area contributed by atoms with Crippen LogP contribution in [0.3, 0.4) is 0 Å². The van der Waals surface area contributed by atoms with Gasteiger partial charge in [-0.05, 0) is 63.1 Å². The van der Waals surface area contributed by atoms with Gasteiger partial charge in [-0.3, -0.25) is 9.79 Å². The summed E-state index contributed by atoms with van der Waals surface area (Å²) in [5.41, 5.74) is 2.61. The first-order valence-corrected chi connectivity index (χ1v) is 11.3. The lowest BCUT2D eigenvalue weighted by atomic mass is 10.1. The molecule has 168 valence electrons. The Hall–Kier alpha value is -1.51. The van der Waals surface area contributed by atoms with Crippen LogP contribution in [0.1, 0.15) is 57.4 Å². The molecule has 6 nitrogen and oxygen atoms in total. The summed E-state index contributed by atoms with van der Waals surface area (Å²) in [7, 11) is 2.07. The lowest BCUT2D eigenvalue weighted by Gasteiger charge is -2.29. The molecular weight excluding hydrogens is 489 g/mol. The number of piperidine rings is 1. The van der Waals surface area contributed by atoms with Crippen LogP contribution < -0.4 is 15.5 Å². The molecule has 1 saturated carbocycles. The van der Waals surface area contributed by atoms with Crippen LogP contribution in [0, 0.1) is 0 Å². The molecule has 2 fully saturated rings. The molecule has 7 heteroatoms. The van der Waals surface area contributed by atoms with Gasteiger partial charge in [0.15, 0.2) is 5.96 Å². The number of guanidine groups is 1. The van der Waals surface area contributed by atoms with Gasteiger partial charge in [0.2, 0.25) is 5.91 Å². The first-order valence-electron chi connectivity index (χ1n) is 11.3. The highest BCUT2D eigenvalue weighted by molar-refractivity contribution is 14.0. The lowest BCUT2D eigenvalue weighted by Crippen LogP contribution is -2.38. The van der Waals surface area contributed by atoms with Gasteiger partial charge in [-0.1, -0.05) is 12.1 Å². The van der Waals surface area contributed by atoms with Gasteiger partial charge >= 0.3 is 0 Å². The van der Waals surface area contributed by atoms with Crippen LogP contribution in [0.4, 0.5) is 5.69 Å². The molecule has 0 spiro atoms. The molecule has 1 aliphatic heterocycles. The van der Waals surface area contributed by atoms with Crippen molar-refractivity contribution in [2.45, 2.75) is 64.5 Å². The number of carbonyl (C=O) groups is 1. The largest absolute Gasteiger partial charge is 0.372 e. The van der Waals surface area contributed by atoms with Gasteiger partial charge in [-0.25, -0.2) is 0 Å². The summed E-state index contributed by atoms with van der Waals surface area (Å²) >= 11 is 0. The fraction of sp³-hybridized carbons (Fsp3) is 0.652. The van der Waals surface area contributed by atoms with Crippen LogP contribution in [-0.2, 0) is 11.3 Å². The molecular formula is C23H38IN5O. The van der Waals surface area contributed by atoms with E-state index in [0.717, 1.165) is 38.3 Å². The zero-order valence-electron chi connectivity index (χ0n) is 18.5. The van der Waals surface area contributed by atoms with Crippen molar-refractivity contribution in [2.24, 2.45) is 4.99 Å². The van der Waals surface area contributed by atoms with Crippen LogP contribution in [0.25, 0.3) is 0 Å². The molecule has 3 rings (SSSR count). The van der Waals surface area contributed by atoms with E-state index in [-0.39, 0.29) is 29.9 Å². The number of anilines is 1. The monoisotopic (exact) mass is 527 g/mol. The number of carbonyl (C=O) groups excluding carboxylic acids is 1. The number of hydrogen-bond acceptors (Lipinski definition) is 3. The molecule has 1 aromatic rings. The van der Waals surface area contributed by atoms with Gasteiger partial charge in [0.25, 0.3) is 0 Å². The molecule has 0 radical (unpaired) electrons. The van der Waals surface area contributed by atoms with Crippen LogP contribution in [0.2, 0.25) is 0 Å². The molecule has 0 unspecified atom stereocenters. The maximum absolute atomic E-state index is 11.8. The summed E-state index contributed by atoms with van der Waals surface area (Å²) in [6, 6.07) is 9.39. The third-order valence-corrected chi connectivity index (χ3v) is 5.54. The number of halogens is 1. The van der Waals surface area contributed by atoms with E-state index in [1.165, 1.54) is 43.6 Å². The van der Waals surface area contributed by atoms with Crippen LogP contribution in [-0.4, -0.2) is 56.0 Å². The standard InChI is InChI=1S/C23H37N5O.HI/c1-3-24-23(25-15-7-8-22(29)26-20-11-12-20)27(2)18-19-9-13-21(14-10-19)28-16-5-4-6-17-28;/h9-10,13-14,20H,3-8,11-12,15-18H2,1-2H3,(H,24,25)(H,26,29);1H. The van der Waals surface area contributed by atoms with E-state index in [0.29, 0.717) is 19.0 Å². The second-order valence-corrected chi connectivity index (χ2v) is 8.25. The van der Waals surface area contributed by atoms with E-state index in [2.05, 4.69) is 58.7 Å². The molecule has 1 aliphatic carbocycles. The van der Waals surface area contributed by atoms with Crippen molar-refractivity contribution in [3.05, 3.63) is 29.8 Å². The Kier molecular flexibility index (Phi) is 10.7. The molecule has 1 amide bonds. The van der Waals surface area contributed by atoms with Gasteiger partial charge in [0, 0.05) is 57.9 Å². The van der Waals surface area contributed by atoms with Crippen molar-refractivity contribution < 1.29 is 4.79 Å². The Morgan fingerprint density at radius 1 is 1.17 bits per heavy atom. The summed E-state index contributed by atoms with van der Waals surface area (Å²) in [4.78, 5) is 21.1. The average molecular weight is 527 g/mol. The summed E-state index contributed by atoms with van der Waals surface area (Å²) in [5.74, 6) is 1.06. The van der Waals surface area contributed by atoms with E-state index in [1.54, 1.807) is 0 Å². The average Bonchev–Trinajstić information content (AvgIpc) is 3.55. The maximum atomic E-state index is 11.8. The highest BCUT2D eigenvalue weighted by Gasteiger charge is 2.22. The predicted molar refractivity (Wildman–Crippen MR) is 136 cm³/mol. The second-order valence-electron chi connectivity index (χ2n) is 8.25. The number of hydrogen-bond donors (Lipinski definition) is 2. The van der Waals surface area contributed by atoms with Crippen molar-refractivity contribution in [3.63, 3.8) is 0 Å². The highest BCUT2D eigenvalue weighted by atomic mass is 127. The maximum Gasteiger partial charge on any atom is 0.220 e. The first kappa shape index (κ1) is 24.8. The van der Waals surface area contributed by atoms with Crippen molar-refractivity contribution in [2.75, 3.05) is 38.1 Å². The van der Waals surface area contributed by atoms with E-state index < -0.39 is 0 Å². The highest BCUT2D eigenvalue weighted by Crippen LogP contribution is 2.21. The summed E-state index contributed by atoms with van der Waals surface area (Å²) in [5, 5.41) is 6.40. The SMILES string of the molecule is CCNC(=NCCCC(=O)NC1CC1)N(C)Cc1ccc(N2CCCCC2)cc1.I. The van der Waals surface area contributed by atoms with E-state index in [1.807, 2.05) is 0 Å². The van der Waals surface area contributed by atoms with Crippen molar-refractivity contribution in [3.8, 4) is 0 Å². The first-order chi connectivity index (χ1) is 14.2. The van der Waals surface area contributed by atoms with Gasteiger partial charge in [-0.15, -0.1) is 24.0 Å². The van der Waals surface area contributed by atoms with E-state index in [9.17, 15) is 4.79 Å². The van der Waals surface area contributed by atoms with Crippen molar-refractivity contribution in [1.29, 1.82) is 0 Å². The third-order valence-electron chi connectivity index (χ3n) is 5.54. The summed E-state index contributed by atoms with van der Waals surface area (Å²) in [6.07, 6.45) is 7.57. The smallest absolute Gasteiger partial charge is 0.220 e. The lowest BCUT2D eigenvalue weighted by molar-refractivity contribution is -0.121. The number of amides is 1. The minimum Gasteiger partial charge on any atom is -0.372 e. The summed E-state index contributed by atoms with van der Waals surface area (Å²) < 4.78 is 0. The molecule has 2 N–H and O–H groups in total. The Balaban J connectivity index is 0.00000320. The Bertz CT molecular complexity index is 669. The zero-order valence-corrected chi connectivity index (χ0v) is 20.9. The molecule has 0 bridgehead atoms. The number of nitrogens with zero attached hydrogens (tertiary/aromatic N) is 3. The van der Waals surface area contributed by atoms with Crippen LogP contribution >= 0.6 is 24.0 Å². The number of benzene rings is 1. The topological polar surface area (TPSA) is 60.0 Å². The van der Waals surface area contributed by atoms with Crippen molar-refractivity contribution in [1.82, 2.24) is 15.5 Å². The molecule has 30 heavy (non-hydrogen) atoms. The molecule has 0 aromatic heterocycles. The van der Waals surface area contributed by atoms with Crippen LogP contribution in [0.15, 0.2) is 29.3 Å². The third kappa shape index (κ3) is 8.32. The fourth-order valence-corrected chi connectivity index (χ4v) is 3.73. The quantitative estimate of drug-likeness (QED) is 0.222. The van der Waals surface area contributed by atoms with Gasteiger partial charge in [0.1, 0.15) is 0 Å². The van der Waals surface area contributed by atoms with Crippen molar-refractivity contribution >= 4 is 41.5 Å². The molecule has 2 aliphatic rings. The summed E-state index contributed by atoms with van der Waals surface area (Å²) in [6.45, 7) is 6.75. The Morgan fingerprint density at radius 3 is 2.50 bits per heavy atom. The zero-order chi connectivity index (χ0) is 20.5. The number of rotatable bonds is 9. The minimum absolute atomic E-state index is 0. The number of nitrogens with one attached hydrogen (secondary N) is 2. The van der Waals surface area contributed by atoms with Gasteiger partial charge < -0.3 is 20.4 Å². The second kappa shape index (κ2) is 13.0. The van der Waals surface area contributed by atoms with E-state index in [4.69, 9.17) is 4.99 Å². The Labute approximate surface area is 198 Å². The van der Waals surface area contributed by atoms with Crippen LogP contribution in [0.5, 0.6) is 0 Å². The van der Waals surface area contributed by atoms with E-state index >= 15 is 0 Å². The molecule has 1 heterocycles. The fourth-order valence-electron chi connectivity index (χ4n) is 3.73. The van der Waals surface area contributed by atoms with Gasteiger partial charge in [-0.2, -0.15) is 0 Å². The van der Waals surface area contributed by atoms with Gasteiger partial charge in [0.05, 0.1) is 0 Å².